The minimum Gasteiger partial charge on any atom is -0.388 e. The molecule has 0 aromatic heterocycles. The zero-order chi connectivity index (χ0) is 13.0. The maximum atomic E-state index is 12.5. The first-order chi connectivity index (χ1) is 8.01. The maximum Gasteiger partial charge on any atom is 0.174 e. The van der Waals surface area contributed by atoms with Crippen molar-refractivity contribution in [3.8, 4) is 0 Å². The van der Waals surface area contributed by atoms with Crippen LogP contribution in [-0.2, 0) is 4.79 Å². The quantitative estimate of drug-likeness (QED) is 0.814. The summed E-state index contributed by atoms with van der Waals surface area (Å²) in [4.78, 5) is 13.5. The zero-order valence-corrected chi connectivity index (χ0v) is 12.5. The molecule has 1 rings (SSSR count). The van der Waals surface area contributed by atoms with Crippen LogP contribution in [0.2, 0.25) is 0 Å². The third-order valence-corrected chi connectivity index (χ3v) is 4.39. The van der Waals surface area contributed by atoms with Gasteiger partial charge in [-0.25, -0.2) is 0 Å². The molecule has 1 aliphatic rings. The topological polar surface area (TPSA) is 29.1 Å². The Kier molecular flexibility index (Phi) is 5.57. The van der Waals surface area contributed by atoms with E-state index < -0.39 is 0 Å². The van der Waals surface area contributed by atoms with Crippen molar-refractivity contribution in [2.75, 3.05) is 6.54 Å². The van der Waals surface area contributed by atoms with Crippen LogP contribution in [-0.4, -0.2) is 17.6 Å². The molecule has 17 heavy (non-hydrogen) atoms. The van der Waals surface area contributed by atoms with E-state index in [1.54, 1.807) is 11.8 Å². The monoisotopic (exact) mass is 255 g/mol. The summed E-state index contributed by atoms with van der Waals surface area (Å²) in [6, 6.07) is 0. The molecule has 2 nitrogen and oxygen atoms in total. The first-order valence-corrected chi connectivity index (χ1v) is 7.57. The van der Waals surface area contributed by atoms with Gasteiger partial charge in [-0.15, -0.1) is 11.8 Å². The predicted molar refractivity (Wildman–Crippen MR) is 76.0 cm³/mol. The standard InChI is InChI=1S/C14H25NOS/c1-6-11-10(5)8-12(15-7-2)14(13(11)16)17-9(3)4/h9-11,15H,6-8H2,1-5H3. The maximum absolute atomic E-state index is 12.5. The van der Waals surface area contributed by atoms with E-state index in [1.807, 2.05) is 0 Å². The molecule has 0 saturated heterocycles. The van der Waals surface area contributed by atoms with Gasteiger partial charge in [0.15, 0.2) is 5.78 Å². The lowest BCUT2D eigenvalue weighted by Crippen LogP contribution is -2.32. The summed E-state index contributed by atoms with van der Waals surface area (Å²) in [5.74, 6) is 1.05. The SMILES string of the molecule is CCNC1=C(SC(C)C)C(=O)C(CC)C(C)C1. The molecule has 0 heterocycles. The van der Waals surface area contributed by atoms with Crippen LogP contribution in [0.3, 0.4) is 0 Å². The Morgan fingerprint density at radius 2 is 2.06 bits per heavy atom. The Hall–Kier alpha value is -0.440. The predicted octanol–water partition coefficient (Wildman–Crippen LogP) is 3.58. The van der Waals surface area contributed by atoms with Crippen molar-refractivity contribution in [1.29, 1.82) is 0 Å². The van der Waals surface area contributed by atoms with Crippen LogP contribution in [0.15, 0.2) is 10.6 Å². The first kappa shape index (κ1) is 14.6. The van der Waals surface area contributed by atoms with E-state index in [4.69, 9.17) is 0 Å². The van der Waals surface area contributed by atoms with Gasteiger partial charge >= 0.3 is 0 Å². The number of allylic oxidation sites excluding steroid dienone is 2. The van der Waals surface area contributed by atoms with Crippen LogP contribution in [0.4, 0.5) is 0 Å². The van der Waals surface area contributed by atoms with Gasteiger partial charge in [0.1, 0.15) is 0 Å². The molecule has 0 aliphatic heterocycles. The van der Waals surface area contributed by atoms with Gasteiger partial charge < -0.3 is 5.32 Å². The number of thioether (sulfide) groups is 1. The summed E-state index contributed by atoms with van der Waals surface area (Å²) in [5.41, 5.74) is 1.17. The number of rotatable bonds is 5. The molecule has 0 spiro atoms. The normalized spacial score (nSPS) is 25.6. The van der Waals surface area contributed by atoms with Gasteiger partial charge in [-0.3, -0.25) is 4.79 Å². The van der Waals surface area contributed by atoms with E-state index in [2.05, 4.69) is 39.9 Å². The second-order valence-electron chi connectivity index (χ2n) is 5.07. The largest absolute Gasteiger partial charge is 0.388 e. The van der Waals surface area contributed by atoms with Crippen LogP contribution in [0.25, 0.3) is 0 Å². The molecule has 0 amide bonds. The number of Topliss-reactive ketones (excluding diaryl/α,β-unsaturated/α-hetero) is 1. The van der Waals surface area contributed by atoms with Gasteiger partial charge in [0.05, 0.1) is 4.91 Å². The van der Waals surface area contributed by atoms with E-state index in [0.717, 1.165) is 24.3 Å². The fourth-order valence-electron chi connectivity index (χ4n) is 2.45. The summed E-state index contributed by atoms with van der Waals surface area (Å²) < 4.78 is 0. The van der Waals surface area contributed by atoms with Crippen LogP contribution in [0.1, 0.15) is 47.5 Å². The van der Waals surface area contributed by atoms with E-state index in [1.165, 1.54) is 5.70 Å². The summed E-state index contributed by atoms with van der Waals surface area (Å²) in [6.45, 7) is 11.6. The molecular weight excluding hydrogens is 230 g/mol. The molecule has 98 valence electrons. The third kappa shape index (κ3) is 3.51. The highest BCUT2D eigenvalue weighted by atomic mass is 32.2. The molecule has 1 aliphatic carbocycles. The van der Waals surface area contributed by atoms with Gasteiger partial charge in [-0.2, -0.15) is 0 Å². The highest BCUT2D eigenvalue weighted by Crippen LogP contribution is 2.38. The van der Waals surface area contributed by atoms with Gasteiger partial charge in [0, 0.05) is 23.4 Å². The third-order valence-electron chi connectivity index (χ3n) is 3.23. The summed E-state index contributed by atoms with van der Waals surface area (Å²) in [5, 5.41) is 3.85. The summed E-state index contributed by atoms with van der Waals surface area (Å²) >= 11 is 1.72. The first-order valence-electron chi connectivity index (χ1n) is 6.69. The smallest absolute Gasteiger partial charge is 0.174 e. The van der Waals surface area contributed by atoms with Gasteiger partial charge in [-0.1, -0.05) is 27.7 Å². The van der Waals surface area contributed by atoms with Crippen molar-refractivity contribution in [3.63, 3.8) is 0 Å². The number of carbonyl (C=O) groups is 1. The molecule has 0 fully saturated rings. The number of ketones is 1. The molecule has 0 radical (unpaired) electrons. The number of hydrogen-bond donors (Lipinski definition) is 1. The molecule has 2 unspecified atom stereocenters. The van der Waals surface area contributed by atoms with Gasteiger partial charge in [-0.05, 0) is 25.7 Å². The summed E-state index contributed by atoms with van der Waals surface area (Å²) in [6.07, 6.45) is 1.98. The average Bonchev–Trinajstić information content (AvgIpc) is 2.24. The lowest BCUT2D eigenvalue weighted by atomic mass is 9.80. The molecule has 0 aromatic carbocycles. The Morgan fingerprint density at radius 3 is 2.53 bits per heavy atom. The van der Waals surface area contributed by atoms with E-state index in [0.29, 0.717) is 17.0 Å². The van der Waals surface area contributed by atoms with Gasteiger partial charge in [0.2, 0.25) is 0 Å². The van der Waals surface area contributed by atoms with Crippen molar-refractivity contribution in [3.05, 3.63) is 10.6 Å². The second kappa shape index (κ2) is 6.48. The van der Waals surface area contributed by atoms with Crippen molar-refractivity contribution in [2.45, 2.75) is 52.7 Å². The number of nitrogens with one attached hydrogen (secondary N) is 1. The molecule has 0 saturated carbocycles. The van der Waals surface area contributed by atoms with Crippen LogP contribution < -0.4 is 5.32 Å². The number of carbonyl (C=O) groups excluding carboxylic acids is 1. The Morgan fingerprint density at radius 1 is 1.41 bits per heavy atom. The lowest BCUT2D eigenvalue weighted by molar-refractivity contribution is -0.120. The highest BCUT2D eigenvalue weighted by Gasteiger charge is 2.34. The molecular formula is C14H25NOS. The Labute approximate surface area is 110 Å². The minimum absolute atomic E-state index is 0.221. The highest BCUT2D eigenvalue weighted by molar-refractivity contribution is 8.04. The van der Waals surface area contributed by atoms with E-state index in [-0.39, 0.29) is 5.92 Å². The van der Waals surface area contributed by atoms with Crippen LogP contribution in [0, 0.1) is 11.8 Å². The summed E-state index contributed by atoms with van der Waals surface area (Å²) in [7, 11) is 0. The zero-order valence-electron chi connectivity index (χ0n) is 11.7. The average molecular weight is 255 g/mol. The number of hydrogen-bond acceptors (Lipinski definition) is 3. The minimum atomic E-state index is 0.221. The molecule has 1 N–H and O–H groups in total. The van der Waals surface area contributed by atoms with Crippen LogP contribution in [0.5, 0.6) is 0 Å². The molecule has 2 atom stereocenters. The van der Waals surface area contributed by atoms with E-state index >= 15 is 0 Å². The van der Waals surface area contributed by atoms with E-state index in [9.17, 15) is 4.79 Å². The van der Waals surface area contributed by atoms with Crippen LogP contribution >= 0.6 is 11.8 Å². The molecule has 0 aromatic rings. The van der Waals surface area contributed by atoms with Crippen molar-refractivity contribution >= 4 is 17.5 Å². The van der Waals surface area contributed by atoms with Crippen molar-refractivity contribution in [2.24, 2.45) is 11.8 Å². The fourth-order valence-corrected chi connectivity index (χ4v) is 3.49. The Bertz CT molecular complexity index is 309. The second-order valence-corrected chi connectivity index (χ2v) is 6.65. The van der Waals surface area contributed by atoms with Gasteiger partial charge in [0.25, 0.3) is 0 Å². The van der Waals surface area contributed by atoms with Crippen molar-refractivity contribution in [1.82, 2.24) is 5.32 Å². The molecule has 3 heteroatoms. The molecule has 0 bridgehead atoms. The Balaban J connectivity index is 3.00. The lowest BCUT2D eigenvalue weighted by Gasteiger charge is -2.31. The van der Waals surface area contributed by atoms with Crippen molar-refractivity contribution < 1.29 is 4.79 Å². The fraction of sp³-hybridized carbons (Fsp3) is 0.786.